The molecule has 0 unspecified atom stereocenters. The van der Waals surface area contributed by atoms with E-state index in [1.807, 2.05) is 0 Å². The highest BCUT2D eigenvalue weighted by Gasteiger charge is 2.51. The van der Waals surface area contributed by atoms with Crippen LogP contribution in [-0.2, 0) is 19.1 Å². The minimum Gasteiger partial charge on any atom is -0.468 e. The number of hydrogen-bond acceptors (Lipinski definition) is 4. The number of hydrogen-bond donors (Lipinski definition) is 0. The Morgan fingerprint density at radius 1 is 0.857 bits per heavy atom. The Morgan fingerprint density at radius 2 is 1.48 bits per heavy atom. The number of ether oxygens (including phenoxy) is 2. The van der Waals surface area contributed by atoms with Crippen molar-refractivity contribution in [3.63, 3.8) is 0 Å². The third-order valence-corrected chi connectivity index (χ3v) is 5.32. The van der Waals surface area contributed by atoms with Crippen LogP contribution in [-0.4, -0.2) is 26.2 Å². The van der Waals surface area contributed by atoms with Gasteiger partial charge >= 0.3 is 11.9 Å². The molecule has 3 aliphatic carbocycles. The largest absolute Gasteiger partial charge is 0.468 e. The summed E-state index contributed by atoms with van der Waals surface area (Å²) in [6, 6.07) is 0. The van der Waals surface area contributed by atoms with E-state index in [1.165, 1.54) is 43.8 Å². The van der Waals surface area contributed by atoms with Gasteiger partial charge in [0.15, 0.2) is 5.41 Å². The maximum Gasteiger partial charge on any atom is 0.323 e. The van der Waals surface area contributed by atoms with E-state index in [0.717, 1.165) is 25.7 Å². The summed E-state index contributed by atoms with van der Waals surface area (Å²) in [7, 11) is 2.69. The number of fused-ring (bicyclic) bond motifs is 1. The smallest absolute Gasteiger partial charge is 0.323 e. The Kier molecular flexibility index (Phi) is 3.64. The lowest BCUT2D eigenvalue weighted by Gasteiger charge is -2.37. The second-order valence-corrected chi connectivity index (χ2v) is 6.26. The molecule has 0 aromatic heterocycles. The molecule has 0 spiro atoms. The minimum absolute atomic E-state index is 0.452. The normalized spacial score (nSPS) is 23.5. The first kappa shape index (κ1) is 14.4. The molecule has 0 aromatic rings. The van der Waals surface area contributed by atoms with Crippen molar-refractivity contribution in [3.05, 3.63) is 22.3 Å². The lowest BCUT2D eigenvalue weighted by molar-refractivity contribution is -0.170. The highest BCUT2D eigenvalue weighted by molar-refractivity contribution is 6.00. The number of carbonyl (C=O) groups excluding carboxylic acids is 2. The molecular formula is C17H22O4. The van der Waals surface area contributed by atoms with Gasteiger partial charge in [0.05, 0.1) is 14.2 Å². The monoisotopic (exact) mass is 290 g/mol. The van der Waals surface area contributed by atoms with Crippen LogP contribution < -0.4 is 0 Å². The molecule has 0 aliphatic heterocycles. The van der Waals surface area contributed by atoms with Crippen LogP contribution in [0.4, 0.5) is 0 Å². The van der Waals surface area contributed by atoms with Gasteiger partial charge in [0.1, 0.15) is 0 Å². The minimum atomic E-state index is -1.13. The van der Waals surface area contributed by atoms with Gasteiger partial charge in [-0.3, -0.25) is 9.59 Å². The van der Waals surface area contributed by atoms with E-state index < -0.39 is 17.4 Å². The summed E-state index contributed by atoms with van der Waals surface area (Å²) in [5.41, 5.74) is 4.71. The van der Waals surface area contributed by atoms with Gasteiger partial charge in [0.2, 0.25) is 0 Å². The summed E-state index contributed by atoms with van der Waals surface area (Å²) >= 11 is 0. The van der Waals surface area contributed by atoms with Crippen molar-refractivity contribution in [3.8, 4) is 0 Å². The van der Waals surface area contributed by atoms with Crippen molar-refractivity contribution in [1.82, 2.24) is 0 Å². The van der Waals surface area contributed by atoms with Crippen molar-refractivity contribution in [2.45, 2.75) is 51.4 Å². The van der Waals surface area contributed by atoms with Gasteiger partial charge < -0.3 is 9.47 Å². The van der Waals surface area contributed by atoms with Gasteiger partial charge in [-0.25, -0.2) is 0 Å². The van der Waals surface area contributed by atoms with Gasteiger partial charge in [-0.2, -0.15) is 0 Å². The summed E-state index contributed by atoms with van der Waals surface area (Å²) in [4.78, 5) is 24.5. The number of esters is 2. The predicted molar refractivity (Wildman–Crippen MR) is 77.5 cm³/mol. The van der Waals surface area contributed by atoms with Crippen molar-refractivity contribution in [2.75, 3.05) is 14.2 Å². The molecule has 0 fully saturated rings. The SMILES string of the molecule is COC(=O)C1(C(=O)OC)CCC2=C(CCC3=C2CCC3)C1. The molecule has 114 valence electrons. The number of allylic oxidation sites excluding steroid dienone is 4. The lowest BCUT2D eigenvalue weighted by atomic mass is 9.67. The maximum absolute atomic E-state index is 12.2. The zero-order valence-corrected chi connectivity index (χ0v) is 12.8. The maximum atomic E-state index is 12.2. The van der Waals surface area contributed by atoms with Crippen LogP contribution in [0.1, 0.15) is 51.4 Å². The van der Waals surface area contributed by atoms with Crippen molar-refractivity contribution >= 4 is 11.9 Å². The van der Waals surface area contributed by atoms with Crippen LogP contribution in [0, 0.1) is 5.41 Å². The van der Waals surface area contributed by atoms with E-state index in [1.54, 1.807) is 5.57 Å². The molecule has 0 saturated carbocycles. The Hall–Kier alpha value is -1.58. The van der Waals surface area contributed by atoms with E-state index in [0.29, 0.717) is 12.8 Å². The average molecular weight is 290 g/mol. The molecule has 0 amide bonds. The van der Waals surface area contributed by atoms with Gasteiger partial charge in [0, 0.05) is 0 Å². The first-order chi connectivity index (χ1) is 10.1. The summed E-state index contributed by atoms with van der Waals surface area (Å²) < 4.78 is 9.82. The van der Waals surface area contributed by atoms with E-state index in [-0.39, 0.29) is 0 Å². The van der Waals surface area contributed by atoms with Crippen LogP contribution in [0.2, 0.25) is 0 Å². The quantitative estimate of drug-likeness (QED) is 0.579. The summed E-state index contributed by atoms with van der Waals surface area (Å²) in [6.45, 7) is 0. The Bertz CT molecular complexity index is 537. The molecule has 0 N–H and O–H groups in total. The molecule has 21 heavy (non-hydrogen) atoms. The average Bonchev–Trinajstić information content (AvgIpc) is 3.01. The predicted octanol–water partition coefficient (Wildman–Crippen LogP) is 3.07. The summed E-state index contributed by atoms with van der Waals surface area (Å²) in [5, 5.41) is 0. The van der Waals surface area contributed by atoms with E-state index in [9.17, 15) is 9.59 Å². The molecular weight excluding hydrogens is 268 g/mol. The van der Waals surface area contributed by atoms with Crippen LogP contribution in [0.25, 0.3) is 0 Å². The topological polar surface area (TPSA) is 52.6 Å². The van der Waals surface area contributed by atoms with E-state index >= 15 is 0 Å². The molecule has 4 heteroatoms. The van der Waals surface area contributed by atoms with Crippen molar-refractivity contribution in [2.24, 2.45) is 5.41 Å². The third-order valence-electron chi connectivity index (χ3n) is 5.32. The molecule has 0 aromatic carbocycles. The summed E-state index contributed by atoms with van der Waals surface area (Å²) in [5.74, 6) is -0.904. The standard InChI is InChI=1S/C17H22O4/c1-20-15(18)17(16(19)21-2)9-8-14-12(10-17)7-6-11-4-3-5-13(11)14/h3-10H2,1-2H3. The van der Waals surface area contributed by atoms with Gasteiger partial charge in [-0.05, 0) is 62.5 Å². The van der Waals surface area contributed by atoms with Gasteiger partial charge in [-0.15, -0.1) is 0 Å². The fourth-order valence-electron chi connectivity index (χ4n) is 4.25. The van der Waals surface area contributed by atoms with E-state index in [4.69, 9.17) is 9.47 Å². The van der Waals surface area contributed by atoms with Gasteiger partial charge in [-0.1, -0.05) is 11.1 Å². The van der Waals surface area contributed by atoms with E-state index in [2.05, 4.69) is 0 Å². The van der Waals surface area contributed by atoms with Crippen molar-refractivity contribution < 1.29 is 19.1 Å². The molecule has 0 heterocycles. The van der Waals surface area contributed by atoms with Gasteiger partial charge in [0.25, 0.3) is 0 Å². The Morgan fingerprint density at radius 3 is 2.14 bits per heavy atom. The van der Waals surface area contributed by atoms with Crippen LogP contribution >= 0.6 is 0 Å². The van der Waals surface area contributed by atoms with Crippen LogP contribution in [0.15, 0.2) is 22.3 Å². The number of methoxy groups -OCH3 is 2. The second-order valence-electron chi connectivity index (χ2n) is 6.26. The highest BCUT2D eigenvalue weighted by Crippen LogP contribution is 2.50. The molecule has 0 radical (unpaired) electrons. The summed E-state index contributed by atoms with van der Waals surface area (Å²) in [6.07, 6.45) is 7.47. The molecule has 4 nitrogen and oxygen atoms in total. The Balaban J connectivity index is 1.96. The number of rotatable bonds is 2. The first-order valence-corrected chi connectivity index (χ1v) is 7.71. The first-order valence-electron chi connectivity index (χ1n) is 7.71. The fourth-order valence-corrected chi connectivity index (χ4v) is 4.25. The fraction of sp³-hybridized carbons (Fsp3) is 0.647. The van der Waals surface area contributed by atoms with Crippen molar-refractivity contribution in [1.29, 1.82) is 0 Å². The van der Waals surface area contributed by atoms with Crippen LogP contribution in [0.5, 0.6) is 0 Å². The molecule has 3 aliphatic rings. The zero-order valence-electron chi connectivity index (χ0n) is 12.8. The van der Waals surface area contributed by atoms with Crippen LogP contribution in [0.3, 0.4) is 0 Å². The highest BCUT2D eigenvalue weighted by atomic mass is 16.5. The third kappa shape index (κ3) is 2.12. The number of carbonyl (C=O) groups is 2. The lowest BCUT2D eigenvalue weighted by Crippen LogP contribution is -2.43. The zero-order chi connectivity index (χ0) is 15.0. The Labute approximate surface area is 125 Å². The molecule has 0 bridgehead atoms. The molecule has 3 rings (SSSR count). The molecule has 0 saturated heterocycles. The molecule has 0 atom stereocenters. The second kappa shape index (κ2) is 5.32.